The molecule has 0 spiro atoms. The normalized spacial score (nSPS) is 22.9. The van der Waals surface area contributed by atoms with Gasteiger partial charge in [0.25, 0.3) is 0 Å². The zero-order valence-electron chi connectivity index (χ0n) is 12.0. The number of hydrogen-bond donors (Lipinski definition) is 0. The molecule has 1 aliphatic rings. The predicted octanol–water partition coefficient (Wildman–Crippen LogP) is 5.47. The van der Waals surface area contributed by atoms with Crippen LogP contribution in [0.25, 0.3) is 0 Å². The Hall–Kier alpha value is -0.0400. The van der Waals surface area contributed by atoms with Gasteiger partial charge in [0.05, 0.1) is 12.2 Å². The molecule has 0 N–H and O–H groups in total. The van der Waals surface area contributed by atoms with Crippen LogP contribution < -0.4 is 0 Å². The highest BCUT2D eigenvalue weighted by Gasteiger charge is 2.32. The van der Waals surface area contributed by atoms with Crippen LogP contribution in [0.15, 0.2) is 0 Å². The van der Waals surface area contributed by atoms with Gasteiger partial charge in [0.15, 0.2) is 0 Å². The van der Waals surface area contributed by atoms with Gasteiger partial charge in [-0.25, -0.2) is 0 Å². The van der Waals surface area contributed by atoms with Gasteiger partial charge in [-0.3, -0.25) is 0 Å². The Balaban J connectivity index is 1.64. The average molecular weight is 240 g/mol. The number of rotatable bonds is 12. The summed E-state index contributed by atoms with van der Waals surface area (Å²) in [6.45, 7) is 4.47. The summed E-state index contributed by atoms with van der Waals surface area (Å²) in [4.78, 5) is 0. The molecule has 0 radical (unpaired) electrons. The predicted molar refractivity (Wildman–Crippen MR) is 75.4 cm³/mol. The number of hydrogen-bond acceptors (Lipinski definition) is 1. The minimum atomic E-state index is 0.568. The fourth-order valence-corrected chi connectivity index (χ4v) is 2.54. The topological polar surface area (TPSA) is 12.5 Å². The Bertz CT molecular complexity index is 167. The third kappa shape index (κ3) is 8.65. The minimum Gasteiger partial charge on any atom is -0.370 e. The second kappa shape index (κ2) is 9.94. The highest BCUT2D eigenvalue weighted by atomic mass is 16.6. The highest BCUT2D eigenvalue weighted by Crippen LogP contribution is 2.26. The molecule has 0 aromatic heterocycles. The molecule has 17 heavy (non-hydrogen) atoms. The van der Waals surface area contributed by atoms with Crippen molar-refractivity contribution in [2.45, 2.75) is 103 Å². The van der Waals surface area contributed by atoms with Crippen LogP contribution in [0.3, 0.4) is 0 Å². The summed E-state index contributed by atoms with van der Waals surface area (Å²) in [5.74, 6) is 0. The molecule has 0 aliphatic carbocycles. The molecule has 0 aromatic carbocycles. The lowest BCUT2D eigenvalue weighted by Gasteiger charge is -2.02. The van der Waals surface area contributed by atoms with E-state index in [0.717, 1.165) is 0 Å². The summed E-state index contributed by atoms with van der Waals surface area (Å²) in [7, 11) is 0. The molecular formula is C16H32O. The molecule has 2 atom stereocenters. The van der Waals surface area contributed by atoms with Crippen molar-refractivity contribution < 1.29 is 4.74 Å². The molecule has 1 fully saturated rings. The molecule has 2 unspecified atom stereocenters. The second-order valence-corrected chi connectivity index (χ2v) is 5.70. The molecule has 1 rings (SSSR count). The van der Waals surface area contributed by atoms with E-state index in [4.69, 9.17) is 4.74 Å². The molecule has 0 saturated carbocycles. The van der Waals surface area contributed by atoms with E-state index in [1.165, 1.54) is 77.0 Å². The minimum absolute atomic E-state index is 0.568. The lowest BCUT2D eigenvalue weighted by Crippen LogP contribution is -1.89. The van der Waals surface area contributed by atoms with Crippen LogP contribution in [0, 0.1) is 0 Å². The smallest absolute Gasteiger partial charge is 0.0839 e. The first-order chi connectivity index (χ1) is 8.34. The molecule has 1 heteroatoms. The van der Waals surface area contributed by atoms with Crippen molar-refractivity contribution in [3.8, 4) is 0 Å². The van der Waals surface area contributed by atoms with Gasteiger partial charge >= 0.3 is 0 Å². The van der Waals surface area contributed by atoms with Crippen LogP contribution in [-0.4, -0.2) is 12.2 Å². The number of epoxide rings is 1. The number of unbranched alkanes of at least 4 members (excludes halogenated alkanes) is 10. The van der Waals surface area contributed by atoms with Gasteiger partial charge in [0.1, 0.15) is 0 Å². The van der Waals surface area contributed by atoms with Crippen molar-refractivity contribution in [2.24, 2.45) is 0 Å². The first-order valence-electron chi connectivity index (χ1n) is 8.00. The van der Waals surface area contributed by atoms with E-state index in [0.29, 0.717) is 12.2 Å². The SMILES string of the molecule is CCCCCCCCCCCCCC1OC1C. The summed E-state index contributed by atoms with van der Waals surface area (Å²) in [6.07, 6.45) is 18.3. The van der Waals surface area contributed by atoms with Crippen LogP contribution in [0.1, 0.15) is 90.9 Å². The van der Waals surface area contributed by atoms with Crippen molar-refractivity contribution in [2.75, 3.05) is 0 Å². The Morgan fingerprint density at radius 3 is 1.53 bits per heavy atom. The molecule has 1 nitrogen and oxygen atoms in total. The maximum atomic E-state index is 5.41. The first kappa shape index (κ1) is 15.0. The van der Waals surface area contributed by atoms with Gasteiger partial charge in [0, 0.05) is 0 Å². The third-order valence-electron chi connectivity index (χ3n) is 3.93. The van der Waals surface area contributed by atoms with Crippen molar-refractivity contribution in [1.29, 1.82) is 0 Å². The standard InChI is InChI=1S/C16H32O/c1-3-4-5-6-7-8-9-10-11-12-13-14-16-15(2)17-16/h15-16H,3-14H2,1-2H3. The van der Waals surface area contributed by atoms with E-state index in [2.05, 4.69) is 13.8 Å². The molecule has 102 valence electrons. The first-order valence-corrected chi connectivity index (χ1v) is 8.00. The highest BCUT2D eigenvalue weighted by molar-refractivity contribution is 4.79. The Morgan fingerprint density at radius 2 is 1.12 bits per heavy atom. The molecule has 1 aliphatic heterocycles. The Labute approximate surface area is 108 Å². The summed E-state index contributed by atoms with van der Waals surface area (Å²) in [5.41, 5.74) is 0. The average Bonchev–Trinajstić information content (AvgIpc) is 3.02. The lowest BCUT2D eigenvalue weighted by atomic mass is 10.0. The molecule has 0 amide bonds. The van der Waals surface area contributed by atoms with E-state index >= 15 is 0 Å². The van der Waals surface area contributed by atoms with Gasteiger partial charge in [-0.15, -0.1) is 0 Å². The van der Waals surface area contributed by atoms with Crippen molar-refractivity contribution in [3.63, 3.8) is 0 Å². The van der Waals surface area contributed by atoms with E-state index < -0.39 is 0 Å². The summed E-state index contributed by atoms with van der Waals surface area (Å²) >= 11 is 0. The lowest BCUT2D eigenvalue weighted by molar-refractivity contribution is 0.364. The monoisotopic (exact) mass is 240 g/mol. The molecule has 1 heterocycles. The molecular weight excluding hydrogens is 208 g/mol. The van der Waals surface area contributed by atoms with Crippen molar-refractivity contribution in [1.82, 2.24) is 0 Å². The Kier molecular flexibility index (Phi) is 8.78. The zero-order valence-corrected chi connectivity index (χ0v) is 12.0. The van der Waals surface area contributed by atoms with E-state index in [9.17, 15) is 0 Å². The van der Waals surface area contributed by atoms with Crippen LogP contribution >= 0.6 is 0 Å². The van der Waals surface area contributed by atoms with E-state index in [-0.39, 0.29) is 0 Å². The summed E-state index contributed by atoms with van der Waals surface area (Å²) in [5, 5.41) is 0. The molecule has 0 aromatic rings. The fraction of sp³-hybridized carbons (Fsp3) is 1.00. The van der Waals surface area contributed by atoms with Crippen LogP contribution in [0.5, 0.6) is 0 Å². The zero-order chi connectivity index (χ0) is 12.3. The molecule has 0 bridgehead atoms. The third-order valence-corrected chi connectivity index (χ3v) is 3.93. The van der Waals surface area contributed by atoms with Gasteiger partial charge in [-0.2, -0.15) is 0 Å². The molecule has 1 saturated heterocycles. The summed E-state index contributed by atoms with van der Waals surface area (Å²) < 4.78 is 5.41. The van der Waals surface area contributed by atoms with Crippen molar-refractivity contribution in [3.05, 3.63) is 0 Å². The van der Waals surface area contributed by atoms with Gasteiger partial charge in [-0.1, -0.05) is 77.6 Å². The maximum Gasteiger partial charge on any atom is 0.0839 e. The fourth-order valence-electron chi connectivity index (χ4n) is 2.54. The van der Waals surface area contributed by atoms with Crippen LogP contribution in [0.2, 0.25) is 0 Å². The quantitative estimate of drug-likeness (QED) is 0.325. The number of ether oxygens (including phenoxy) is 1. The van der Waals surface area contributed by atoms with Gasteiger partial charge in [0.2, 0.25) is 0 Å². The van der Waals surface area contributed by atoms with Crippen LogP contribution in [-0.2, 0) is 4.74 Å². The maximum absolute atomic E-state index is 5.41. The van der Waals surface area contributed by atoms with Gasteiger partial charge < -0.3 is 4.74 Å². The van der Waals surface area contributed by atoms with E-state index in [1.807, 2.05) is 0 Å². The largest absolute Gasteiger partial charge is 0.370 e. The summed E-state index contributed by atoms with van der Waals surface area (Å²) in [6, 6.07) is 0. The van der Waals surface area contributed by atoms with E-state index in [1.54, 1.807) is 0 Å². The second-order valence-electron chi connectivity index (χ2n) is 5.70. The van der Waals surface area contributed by atoms with Gasteiger partial charge in [-0.05, 0) is 13.3 Å². The van der Waals surface area contributed by atoms with Crippen molar-refractivity contribution >= 4 is 0 Å². The Morgan fingerprint density at radius 1 is 0.706 bits per heavy atom. The van der Waals surface area contributed by atoms with Crippen LogP contribution in [0.4, 0.5) is 0 Å².